The van der Waals surface area contributed by atoms with Crippen molar-refractivity contribution in [2.75, 3.05) is 12.8 Å². The Bertz CT molecular complexity index is 522. The monoisotopic (exact) mass is 237 g/mol. The molecule has 0 aliphatic rings. The summed E-state index contributed by atoms with van der Waals surface area (Å²) in [5.41, 5.74) is 7.28. The van der Waals surface area contributed by atoms with Gasteiger partial charge in [0, 0.05) is 7.05 Å². The van der Waals surface area contributed by atoms with E-state index in [1.165, 1.54) is 0 Å². The largest absolute Gasteiger partial charge is 0.496 e. The maximum Gasteiger partial charge on any atom is 0.131 e. The first-order chi connectivity index (χ1) is 7.65. The Hall–Kier alpha value is -1.68. The average Bonchev–Trinajstić information content (AvgIpc) is 2.60. The molecule has 0 spiro atoms. The summed E-state index contributed by atoms with van der Waals surface area (Å²) in [7, 11) is 3.42. The highest BCUT2D eigenvalue weighted by molar-refractivity contribution is 6.33. The Balaban J connectivity index is 2.68. The maximum atomic E-state index is 6.14. The minimum Gasteiger partial charge on any atom is -0.496 e. The number of methoxy groups -OCH3 is 1. The summed E-state index contributed by atoms with van der Waals surface area (Å²) in [6, 6.07) is 5.44. The highest BCUT2D eigenvalue weighted by atomic mass is 35.5. The van der Waals surface area contributed by atoms with Gasteiger partial charge in [-0.15, -0.1) is 0 Å². The lowest BCUT2D eigenvalue weighted by Gasteiger charge is -2.09. The molecule has 0 aliphatic carbocycles. The van der Waals surface area contributed by atoms with Crippen molar-refractivity contribution >= 4 is 17.4 Å². The fourth-order valence-corrected chi connectivity index (χ4v) is 1.79. The fourth-order valence-electron chi connectivity index (χ4n) is 1.54. The van der Waals surface area contributed by atoms with E-state index in [0.717, 1.165) is 5.56 Å². The Morgan fingerprint density at radius 1 is 1.44 bits per heavy atom. The normalized spacial score (nSPS) is 10.4. The van der Waals surface area contributed by atoms with Gasteiger partial charge in [0.2, 0.25) is 0 Å². The number of hydrogen-bond donors (Lipinski definition) is 1. The third-order valence-electron chi connectivity index (χ3n) is 2.41. The van der Waals surface area contributed by atoms with Gasteiger partial charge in [-0.2, -0.15) is 0 Å². The summed E-state index contributed by atoms with van der Waals surface area (Å²) >= 11 is 6.14. The van der Waals surface area contributed by atoms with E-state index in [1.807, 2.05) is 19.2 Å². The minimum atomic E-state index is 0.561. The molecule has 1 aromatic heterocycles. The van der Waals surface area contributed by atoms with E-state index in [4.69, 9.17) is 22.1 Å². The van der Waals surface area contributed by atoms with Crippen LogP contribution in [0.1, 0.15) is 0 Å². The molecule has 2 N–H and O–H groups in total. The van der Waals surface area contributed by atoms with E-state index < -0.39 is 0 Å². The molecule has 0 aliphatic heterocycles. The first-order valence-electron chi connectivity index (χ1n) is 4.74. The van der Waals surface area contributed by atoms with Gasteiger partial charge in [0.1, 0.15) is 17.3 Å². The summed E-state index contributed by atoms with van der Waals surface area (Å²) in [4.78, 5) is 4.23. The van der Waals surface area contributed by atoms with Crippen LogP contribution >= 0.6 is 11.6 Å². The van der Waals surface area contributed by atoms with Crippen LogP contribution in [0.2, 0.25) is 5.02 Å². The molecule has 1 heterocycles. The predicted octanol–water partition coefficient (Wildman–Crippen LogP) is 2.33. The molecular weight excluding hydrogens is 226 g/mol. The molecule has 0 radical (unpaired) electrons. The second kappa shape index (κ2) is 4.06. The first kappa shape index (κ1) is 10.8. The van der Waals surface area contributed by atoms with Crippen LogP contribution in [-0.4, -0.2) is 16.7 Å². The molecule has 0 amide bonds. The van der Waals surface area contributed by atoms with E-state index in [9.17, 15) is 0 Å². The Kier molecular flexibility index (Phi) is 2.75. The zero-order valence-electron chi connectivity index (χ0n) is 9.07. The van der Waals surface area contributed by atoms with E-state index in [-0.39, 0.29) is 0 Å². The number of aryl methyl sites for hydroxylation is 1. The van der Waals surface area contributed by atoms with Gasteiger partial charge in [-0.25, -0.2) is 4.98 Å². The average molecular weight is 238 g/mol. The Morgan fingerprint density at radius 3 is 2.75 bits per heavy atom. The Morgan fingerprint density at radius 2 is 2.19 bits per heavy atom. The predicted molar refractivity (Wildman–Crippen MR) is 64.6 cm³/mol. The van der Waals surface area contributed by atoms with Gasteiger partial charge >= 0.3 is 0 Å². The van der Waals surface area contributed by atoms with Crippen molar-refractivity contribution in [1.29, 1.82) is 0 Å². The van der Waals surface area contributed by atoms with Gasteiger partial charge in [0.25, 0.3) is 0 Å². The Labute approximate surface area is 98.6 Å². The molecule has 2 aromatic rings. The van der Waals surface area contributed by atoms with Crippen LogP contribution in [0.25, 0.3) is 11.3 Å². The number of rotatable bonds is 2. The quantitative estimate of drug-likeness (QED) is 0.872. The number of nitrogen functional groups attached to an aromatic ring is 1. The molecule has 1 aromatic carbocycles. The summed E-state index contributed by atoms with van der Waals surface area (Å²) in [6.07, 6.45) is 1.65. The lowest BCUT2D eigenvalue weighted by Crippen LogP contribution is -1.97. The summed E-state index contributed by atoms with van der Waals surface area (Å²) in [6.45, 7) is 0. The standard InChI is InChI=1S/C11H12ClN3O/c1-15-6-14-10(11(15)13)9-7(12)4-3-5-8(9)16-2/h3-6H,13H2,1-2H3. The number of benzene rings is 1. The molecule has 84 valence electrons. The molecule has 0 bridgehead atoms. The molecule has 0 saturated heterocycles. The van der Waals surface area contributed by atoms with Crippen molar-refractivity contribution < 1.29 is 4.74 Å². The summed E-state index contributed by atoms with van der Waals surface area (Å²) < 4.78 is 6.99. The van der Waals surface area contributed by atoms with Crippen LogP contribution in [0.4, 0.5) is 5.82 Å². The van der Waals surface area contributed by atoms with Gasteiger partial charge in [-0.05, 0) is 12.1 Å². The topological polar surface area (TPSA) is 53.1 Å². The second-order valence-electron chi connectivity index (χ2n) is 3.41. The molecule has 5 heteroatoms. The number of hydrogen-bond acceptors (Lipinski definition) is 3. The number of imidazole rings is 1. The van der Waals surface area contributed by atoms with E-state index in [0.29, 0.717) is 22.3 Å². The maximum absolute atomic E-state index is 6.14. The highest BCUT2D eigenvalue weighted by Crippen LogP contribution is 2.37. The smallest absolute Gasteiger partial charge is 0.131 e. The van der Waals surface area contributed by atoms with Crippen molar-refractivity contribution in [2.45, 2.75) is 0 Å². The lowest BCUT2D eigenvalue weighted by molar-refractivity contribution is 0.416. The van der Waals surface area contributed by atoms with E-state index in [1.54, 1.807) is 24.1 Å². The molecule has 2 rings (SSSR count). The van der Waals surface area contributed by atoms with Crippen LogP contribution in [0.5, 0.6) is 5.75 Å². The third kappa shape index (κ3) is 1.61. The van der Waals surface area contributed by atoms with Crippen LogP contribution in [-0.2, 0) is 7.05 Å². The fraction of sp³-hybridized carbons (Fsp3) is 0.182. The number of nitrogens with zero attached hydrogens (tertiary/aromatic N) is 2. The minimum absolute atomic E-state index is 0.561. The molecule has 0 fully saturated rings. The van der Waals surface area contributed by atoms with Gasteiger partial charge < -0.3 is 15.0 Å². The summed E-state index contributed by atoms with van der Waals surface area (Å²) in [5, 5.41) is 0.574. The van der Waals surface area contributed by atoms with E-state index >= 15 is 0 Å². The van der Waals surface area contributed by atoms with Gasteiger partial charge in [0.15, 0.2) is 0 Å². The zero-order valence-corrected chi connectivity index (χ0v) is 9.82. The van der Waals surface area contributed by atoms with Crippen molar-refractivity contribution in [1.82, 2.24) is 9.55 Å². The van der Waals surface area contributed by atoms with Gasteiger partial charge in [0.05, 0.1) is 24.0 Å². The lowest BCUT2D eigenvalue weighted by atomic mass is 10.1. The first-order valence-corrected chi connectivity index (χ1v) is 5.12. The molecule has 0 atom stereocenters. The van der Waals surface area contributed by atoms with Gasteiger partial charge in [-0.1, -0.05) is 17.7 Å². The molecule has 0 saturated carbocycles. The van der Waals surface area contributed by atoms with Crippen molar-refractivity contribution in [3.8, 4) is 17.0 Å². The number of halogens is 1. The highest BCUT2D eigenvalue weighted by Gasteiger charge is 2.16. The SMILES string of the molecule is COc1cccc(Cl)c1-c1ncn(C)c1N. The number of nitrogens with two attached hydrogens (primary N) is 1. The van der Waals surface area contributed by atoms with E-state index in [2.05, 4.69) is 4.98 Å². The second-order valence-corrected chi connectivity index (χ2v) is 3.81. The van der Waals surface area contributed by atoms with Crippen molar-refractivity contribution in [3.63, 3.8) is 0 Å². The number of anilines is 1. The van der Waals surface area contributed by atoms with Gasteiger partial charge in [-0.3, -0.25) is 0 Å². The van der Waals surface area contributed by atoms with Crippen molar-refractivity contribution in [3.05, 3.63) is 29.5 Å². The number of ether oxygens (including phenoxy) is 1. The molecule has 4 nitrogen and oxygen atoms in total. The molecule has 0 unspecified atom stereocenters. The van der Waals surface area contributed by atoms with Crippen LogP contribution in [0.15, 0.2) is 24.5 Å². The molecular formula is C11H12ClN3O. The molecule has 16 heavy (non-hydrogen) atoms. The zero-order chi connectivity index (χ0) is 11.7. The number of aromatic nitrogens is 2. The van der Waals surface area contributed by atoms with Crippen LogP contribution < -0.4 is 10.5 Å². The van der Waals surface area contributed by atoms with Crippen LogP contribution in [0, 0.1) is 0 Å². The third-order valence-corrected chi connectivity index (χ3v) is 2.73. The van der Waals surface area contributed by atoms with Crippen LogP contribution in [0.3, 0.4) is 0 Å². The summed E-state index contributed by atoms with van der Waals surface area (Å²) in [5.74, 6) is 1.23. The van der Waals surface area contributed by atoms with Crippen molar-refractivity contribution in [2.24, 2.45) is 7.05 Å².